The Bertz CT molecular complexity index is 1490. The van der Waals surface area contributed by atoms with Gasteiger partial charge in [-0.15, -0.1) is 0 Å². The molecule has 1 amide bonds. The van der Waals surface area contributed by atoms with Crippen LogP contribution in [0.2, 0.25) is 0 Å². The minimum atomic E-state index is -3.77. The van der Waals surface area contributed by atoms with Gasteiger partial charge < -0.3 is 14.6 Å². The number of benzene rings is 3. The highest BCUT2D eigenvalue weighted by atomic mass is 32.2. The summed E-state index contributed by atoms with van der Waals surface area (Å²) in [6.45, 7) is 1.52. The molecule has 1 aromatic heterocycles. The van der Waals surface area contributed by atoms with Gasteiger partial charge in [-0.1, -0.05) is 29.5 Å². The molecular formula is C24H23N3O5S2. The van der Waals surface area contributed by atoms with E-state index in [1.807, 2.05) is 30.3 Å². The summed E-state index contributed by atoms with van der Waals surface area (Å²) in [7, 11) is -2.09. The number of anilines is 2. The van der Waals surface area contributed by atoms with E-state index in [-0.39, 0.29) is 4.87 Å². The van der Waals surface area contributed by atoms with Crippen molar-refractivity contribution in [3.05, 3.63) is 82.5 Å². The molecule has 1 N–H and O–H groups in total. The van der Waals surface area contributed by atoms with Crippen molar-refractivity contribution in [2.24, 2.45) is 7.05 Å². The minimum absolute atomic E-state index is 0.102. The van der Waals surface area contributed by atoms with E-state index in [0.717, 1.165) is 32.1 Å². The van der Waals surface area contributed by atoms with Crippen molar-refractivity contribution < 1.29 is 17.9 Å². The van der Waals surface area contributed by atoms with E-state index in [9.17, 15) is 18.0 Å². The third kappa shape index (κ3) is 4.97. The van der Waals surface area contributed by atoms with Gasteiger partial charge in [-0.3, -0.25) is 13.9 Å². The number of carbonyl (C=O) groups excluding carboxylic acids is 1. The number of ether oxygens (including phenoxy) is 1. The van der Waals surface area contributed by atoms with Gasteiger partial charge in [0.05, 0.1) is 22.2 Å². The average Bonchev–Trinajstić information content (AvgIpc) is 3.07. The van der Waals surface area contributed by atoms with Gasteiger partial charge in [0.2, 0.25) is 15.9 Å². The zero-order valence-electron chi connectivity index (χ0n) is 18.8. The van der Waals surface area contributed by atoms with E-state index in [4.69, 9.17) is 4.74 Å². The normalized spacial score (nSPS) is 12.3. The third-order valence-electron chi connectivity index (χ3n) is 5.22. The van der Waals surface area contributed by atoms with Crippen LogP contribution in [0.1, 0.15) is 6.92 Å². The van der Waals surface area contributed by atoms with Crippen molar-refractivity contribution in [3.63, 3.8) is 0 Å². The average molecular weight is 498 g/mol. The molecule has 8 nitrogen and oxygen atoms in total. The van der Waals surface area contributed by atoms with Gasteiger partial charge >= 0.3 is 4.87 Å². The molecule has 4 rings (SSSR count). The molecule has 0 saturated heterocycles. The van der Waals surface area contributed by atoms with Crippen LogP contribution < -0.4 is 19.2 Å². The van der Waals surface area contributed by atoms with E-state index in [1.165, 1.54) is 11.5 Å². The predicted molar refractivity (Wildman–Crippen MR) is 135 cm³/mol. The number of rotatable bonds is 7. The molecular weight excluding hydrogens is 474 g/mol. The molecule has 0 unspecified atom stereocenters. The quantitative estimate of drug-likeness (QED) is 0.413. The van der Waals surface area contributed by atoms with Crippen LogP contribution in [0.25, 0.3) is 10.2 Å². The van der Waals surface area contributed by atoms with Crippen molar-refractivity contribution in [1.29, 1.82) is 0 Å². The number of nitrogens with zero attached hydrogens (tertiary/aromatic N) is 2. The van der Waals surface area contributed by atoms with Crippen LogP contribution in [0.4, 0.5) is 11.4 Å². The minimum Gasteiger partial charge on any atom is -0.457 e. The van der Waals surface area contributed by atoms with E-state index in [0.29, 0.717) is 22.9 Å². The maximum Gasteiger partial charge on any atom is 0.307 e. The number of amides is 1. The Hall–Kier alpha value is -3.63. The van der Waals surface area contributed by atoms with E-state index in [1.54, 1.807) is 49.5 Å². The van der Waals surface area contributed by atoms with Crippen molar-refractivity contribution in [1.82, 2.24) is 4.57 Å². The number of fused-ring (bicyclic) bond motifs is 1. The zero-order valence-corrected chi connectivity index (χ0v) is 20.4. The largest absolute Gasteiger partial charge is 0.457 e. The van der Waals surface area contributed by atoms with E-state index in [2.05, 4.69) is 5.32 Å². The number of nitrogens with one attached hydrogen (secondary N) is 1. The maximum absolute atomic E-state index is 13.0. The highest BCUT2D eigenvalue weighted by Gasteiger charge is 2.29. The van der Waals surface area contributed by atoms with Crippen LogP contribution in [0, 0.1) is 0 Å². The Morgan fingerprint density at radius 2 is 1.68 bits per heavy atom. The lowest BCUT2D eigenvalue weighted by Crippen LogP contribution is -2.45. The number of aromatic nitrogens is 1. The molecule has 0 aliphatic carbocycles. The first-order valence-electron chi connectivity index (χ1n) is 10.4. The summed E-state index contributed by atoms with van der Waals surface area (Å²) in [5, 5.41) is 2.75. The summed E-state index contributed by atoms with van der Waals surface area (Å²) in [5.41, 5.74) is 1.57. The lowest BCUT2D eigenvalue weighted by Gasteiger charge is -2.28. The molecule has 176 valence electrons. The van der Waals surface area contributed by atoms with Crippen LogP contribution >= 0.6 is 11.3 Å². The Balaban J connectivity index is 1.55. The fourth-order valence-corrected chi connectivity index (χ4v) is 5.65. The molecule has 4 aromatic rings. The first-order valence-corrected chi connectivity index (χ1v) is 13.0. The van der Waals surface area contributed by atoms with Crippen molar-refractivity contribution in [2.45, 2.75) is 13.0 Å². The molecule has 0 spiro atoms. The van der Waals surface area contributed by atoms with E-state index >= 15 is 0 Å². The SMILES string of the molecule is C[C@H](C(=O)Nc1ccc2c(c1)sc(=O)n2C)N(c1ccc(Oc2ccccc2)cc1)S(C)(=O)=O. The summed E-state index contributed by atoms with van der Waals surface area (Å²) < 4.78 is 34.3. The van der Waals surface area contributed by atoms with Gasteiger partial charge in [0, 0.05) is 12.7 Å². The first-order chi connectivity index (χ1) is 16.1. The molecule has 0 aliphatic heterocycles. The lowest BCUT2D eigenvalue weighted by molar-refractivity contribution is -0.116. The maximum atomic E-state index is 13.0. The van der Waals surface area contributed by atoms with E-state index < -0.39 is 22.0 Å². The molecule has 1 heterocycles. The van der Waals surface area contributed by atoms with Gasteiger partial charge in [-0.2, -0.15) is 0 Å². The fourth-order valence-electron chi connectivity index (χ4n) is 3.55. The second-order valence-electron chi connectivity index (χ2n) is 7.74. The molecule has 0 radical (unpaired) electrons. The van der Waals surface area contributed by atoms with Crippen LogP contribution in [0.3, 0.4) is 0 Å². The van der Waals surface area contributed by atoms with Gasteiger partial charge in [-0.05, 0) is 61.5 Å². The lowest BCUT2D eigenvalue weighted by atomic mass is 10.2. The molecule has 10 heteroatoms. The number of hydrogen-bond acceptors (Lipinski definition) is 6. The summed E-state index contributed by atoms with van der Waals surface area (Å²) in [6.07, 6.45) is 1.05. The molecule has 3 aromatic carbocycles. The van der Waals surface area contributed by atoms with Gasteiger partial charge in [0.1, 0.15) is 17.5 Å². The monoisotopic (exact) mass is 497 g/mol. The fraction of sp³-hybridized carbons (Fsp3) is 0.167. The van der Waals surface area contributed by atoms with Gasteiger partial charge in [0.25, 0.3) is 0 Å². The van der Waals surface area contributed by atoms with Gasteiger partial charge in [-0.25, -0.2) is 8.42 Å². The number of sulfonamides is 1. The second-order valence-corrected chi connectivity index (χ2v) is 10.6. The Morgan fingerprint density at radius 3 is 2.32 bits per heavy atom. The molecule has 1 atom stereocenters. The Labute approximate surface area is 201 Å². The highest BCUT2D eigenvalue weighted by Crippen LogP contribution is 2.27. The molecule has 34 heavy (non-hydrogen) atoms. The number of para-hydroxylation sites is 1. The van der Waals surface area contributed by atoms with Gasteiger partial charge in [0.15, 0.2) is 0 Å². The third-order valence-corrected chi connectivity index (χ3v) is 7.46. The number of aryl methyl sites for hydroxylation is 1. The predicted octanol–water partition coefficient (Wildman–Crippen LogP) is 4.19. The molecule has 0 aliphatic rings. The van der Waals surface area contributed by atoms with Crippen LogP contribution in [-0.4, -0.2) is 31.2 Å². The summed E-state index contributed by atoms with van der Waals surface area (Å²) >= 11 is 1.08. The van der Waals surface area contributed by atoms with Crippen LogP contribution in [-0.2, 0) is 21.9 Å². The topological polar surface area (TPSA) is 97.7 Å². The zero-order chi connectivity index (χ0) is 24.5. The van der Waals surface area contributed by atoms with Crippen molar-refractivity contribution in [3.8, 4) is 11.5 Å². The highest BCUT2D eigenvalue weighted by molar-refractivity contribution is 7.92. The summed E-state index contributed by atoms with van der Waals surface area (Å²) in [6, 6.07) is 19.8. The number of thiazole rings is 1. The molecule has 0 fully saturated rings. The van der Waals surface area contributed by atoms with Crippen molar-refractivity contribution >= 4 is 48.9 Å². The molecule has 0 saturated carbocycles. The number of hydrogen-bond donors (Lipinski definition) is 1. The first kappa shape index (κ1) is 23.5. The summed E-state index contributed by atoms with van der Waals surface area (Å²) in [4.78, 5) is 24.8. The smallest absolute Gasteiger partial charge is 0.307 e. The summed E-state index contributed by atoms with van der Waals surface area (Å²) in [5.74, 6) is 0.691. The molecule has 0 bridgehead atoms. The Kier molecular flexibility index (Phi) is 6.45. The Morgan fingerprint density at radius 1 is 1.03 bits per heavy atom. The van der Waals surface area contributed by atoms with Crippen LogP contribution in [0.5, 0.6) is 11.5 Å². The number of carbonyl (C=O) groups is 1. The standard InChI is InChI=1S/C24H23N3O5S2/c1-16(23(28)25-17-9-14-21-22(15-17)33-24(29)26(21)2)27(34(3,30)31)18-10-12-20(13-11-18)32-19-7-5-4-6-8-19/h4-16H,1-3H3,(H,25,28)/t16-/m1/s1. The van der Waals surface area contributed by atoms with Crippen LogP contribution in [0.15, 0.2) is 77.6 Å². The van der Waals surface area contributed by atoms with Crippen molar-refractivity contribution in [2.75, 3.05) is 15.9 Å². The second kappa shape index (κ2) is 9.32.